The van der Waals surface area contributed by atoms with E-state index in [0.717, 1.165) is 50.8 Å². The van der Waals surface area contributed by atoms with E-state index in [1.54, 1.807) is 0 Å². The molecule has 2 heterocycles. The van der Waals surface area contributed by atoms with Crippen molar-refractivity contribution < 1.29 is 0 Å². The van der Waals surface area contributed by atoms with Crippen molar-refractivity contribution in [2.45, 2.75) is 32.4 Å². The van der Waals surface area contributed by atoms with Crippen LogP contribution in [0.2, 0.25) is 0 Å². The van der Waals surface area contributed by atoms with E-state index in [1.165, 1.54) is 11.3 Å². The van der Waals surface area contributed by atoms with Crippen LogP contribution in [-0.2, 0) is 13.0 Å². The summed E-state index contributed by atoms with van der Waals surface area (Å²) in [5, 5.41) is 7.01. The van der Waals surface area contributed by atoms with E-state index in [0.29, 0.717) is 12.6 Å². The fraction of sp³-hybridized carbons (Fsp3) is 0.360. The van der Waals surface area contributed by atoms with E-state index in [4.69, 9.17) is 4.99 Å². The Labute approximate surface area is 185 Å². The first-order valence-corrected chi connectivity index (χ1v) is 11.2. The number of aromatic nitrogens is 2. The number of nitrogens with zero attached hydrogens (tertiary/aromatic N) is 4. The number of hydrogen-bond donors (Lipinski definition) is 2. The Kier molecular flexibility index (Phi) is 7.21. The van der Waals surface area contributed by atoms with Crippen LogP contribution < -0.4 is 15.5 Å². The fourth-order valence-electron chi connectivity index (χ4n) is 4.02. The van der Waals surface area contributed by atoms with Crippen LogP contribution in [0.4, 0.5) is 5.69 Å². The summed E-state index contributed by atoms with van der Waals surface area (Å²) in [7, 11) is 0. The molecule has 31 heavy (non-hydrogen) atoms. The molecule has 6 nitrogen and oxygen atoms in total. The number of rotatable bonds is 8. The molecule has 0 bridgehead atoms. The molecule has 2 N–H and O–H groups in total. The maximum Gasteiger partial charge on any atom is 0.191 e. The van der Waals surface area contributed by atoms with Crippen molar-refractivity contribution >= 4 is 11.6 Å². The van der Waals surface area contributed by atoms with Crippen molar-refractivity contribution in [2.24, 2.45) is 4.99 Å². The van der Waals surface area contributed by atoms with Crippen LogP contribution in [-0.4, -0.2) is 47.7 Å². The Balaban J connectivity index is 1.31. The zero-order valence-electron chi connectivity index (χ0n) is 18.2. The number of benzene rings is 2. The van der Waals surface area contributed by atoms with Gasteiger partial charge in [0.2, 0.25) is 0 Å². The van der Waals surface area contributed by atoms with Crippen molar-refractivity contribution in [3.8, 4) is 0 Å². The first-order chi connectivity index (χ1) is 15.3. The van der Waals surface area contributed by atoms with Gasteiger partial charge in [-0.25, -0.2) is 4.98 Å². The smallest absolute Gasteiger partial charge is 0.191 e. The monoisotopic (exact) mass is 416 g/mol. The molecule has 2 aromatic carbocycles. The molecule has 162 valence electrons. The number of imidazole rings is 1. The molecule has 1 unspecified atom stereocenters. The van der Waals surface area contributed by atoms with Gasteiger partial charge in [-0.2, -0.15) is 0 Å². The van der Waals surface area contributed by atoms with Crippen LogP contribution in [0.15, 0.2) is 78.0 Å². The molecular formula is C25H32N6. The van der Waals surface area contributed by atoms with Crippen LogP contribution in [0, 0.1) is 0 Å². The van der Waals surface area contributed by atoms with Gasteiger partial charge in [0.15, 0.2) is 5.96 Å². The second-order valence-electron chi connectivity index (χ2n) is 7.88. The highest BCUT2D eigenvalue weighted by atomic mass is 15.2. The quantitative estimate of drug-likeness (QED) is 0.437. The molecule has 3 aromatic rings. The molecular weight excluding hydrogens is 384 g/mol. The van der Waals surface area contributed by atoms with E-state index in [-0.39, 0.29) is 0 Å². The van der Waals surface area contributed by atoms with Gasteiger partial charge in [-0.05, 0) is 31.0 Å². The van der Waals surface area contributed by atoms with Gasteiger partial charge in [-0.3, -0.25) is 4.99 Å². The maximum absolute atomic E-state index is 4.82. The van der Waals surface area contributed by atoms with E-state index in [9.17, 15) is 0 Å². The molecule has 1 saturated heterocycles. The first-order valence-electron chi connectivity index (χ1n) is 11.2. The third-order valence-corrected chi connectivity index (χ3v) is 5.60. The molecule has 0 amide bonds. The topological polar surface area (TPSA) is 57.5 Å². The summed E-state index contributed by atoms with van der Waals surface area (Å²) in [5.74, 6) is 1.96. The van der Waals surface area contributed by atoms with Crippen molar-refractivity contribution in [3.63, 3.8) is 0 Å². The summed E-state index contributed by atoms with van der Waals surface area (Å²) in [6.07, 6.45) is 5.85. The number of nitrogens with one attached hydrogen (secondary N) is 2. The van der Waals surface area contributed by atoms with E-state index in [1.807, 2.05) is 18.5 Å². The van der Waals surface area contributed by atoms with Crippen molar-refractivity contribution in [3.05, 3.63) is 84.4 Å². The fourth-order valence-corrected chi connectivity index (χ4v) is 4.02. The molecule has 6 heteroatoms. The lowest BCUT2D eigenvalue weighted by Crippen LogP contribution is -2.44. The van der Waals surface area contributed by atoms with Gasteiger partial charge in [-0.1, -0.05) is 48.5 Å². The zero-order chi connectivity index (χ0) is 21.3. The number of aliphatic imine (C=N–C) groups is 1. The highest BCUT2D eigenvalue weighted by Crippen LogP contribution is 2.19. The van der Waals surface area contributed by atoms with Gasteiger partial charge in [0.05, 0.1) is 0 Å². The third kappa shape index (κ3) is 5.87. The molecule has 1 atom stereocenters. The summed E-state index contributed by atoms with van der Waals surface area (Å²) >= 11 is 0. The van der Waals surface area contributed by atoms with Gasteiger partial charge in [0.25, 0.3) is 0 Å². The Morgan fingerprint density at radius 1 is 1.10 bits per heavy atom. The summed E-state index contributed by atoms with van der Waals surface area (Å²) < 4.78 is 2.21. The lowest BCUT2D eigenvalue weighted by Gasteiger charge is -2.20. The molecule has 0 radical (unpaired) electrons. The molecule has 4 rings (SSSR count). The average Bonchev–Trinajstić information content (AvgIpc) is 3.45. The van der Waals surface area contributed by atoms with E-state index in [2.05, 4.69) is 86.6 Å². The predicted molar refractivity (Wildman–Crippen MR) is 128 cm³/mol. The highest BCUT2D eigenvalue weighted by molar-refractivity contribution is 5.80. The Bertz CT molecular complexity index is 950. The number of para-hydroxylation sites is 1. The largest absolute Gasteiger partial charge is 0.369 e. The minimum absolute atomic E-state index is 0.401. The second-order valence-corrected chi connectivity index (χ2v) is 7.88. The molecule has 1 fully saturated rings. The summed E-state index contributed by atoms with van der Waals surface area (Å²) in [4.78, 5) is 11.8. The average molecular weight is 417 g/mol. The summed E-state index contributed by atoms with van der Waals surface area (Å²) in [5.41, 5.74) is 2.57. The predicted octanol–water partition coefficient (Wildman–Crippen LogP) is 3.31. The van der Waals surface area contributed by atoms with Gasteiger partial charge in [-0.15, -0.1) is 0 Å². The molecule has 0 saturated carbocycles. The lowest BCUT2D eigenvalue weighted by molar-refractivity contribution is 0.647. The van der Waals surface area contributed by atoms with Crippen LogP contribution >= 0.6 is 0 Å². The Morgan fingerprint density at radius 3 is 2.65 bits per heavy atom. The normalized spacial score (nSPS) is 16.5. The summed E-state index contributed by atoms with van der Waals surface area (Å²) in [6.45, 7) is 6.57. The van der Waals surface area contributed by atoms with Gasteiger partial charge < -0.3 is 20.1 Å². The maximum atomic E-state index is 4.82. The van der Waals surface area contributed by atoms with Crippen molar-refractivity contribution in [2.75, 3.05) is 31.1 Å². The van der Waals surface area contributed by atoms with E-state index >= 15 is 0 Å². The van der Waals surface area contributed by atoms with Gasteiger partial charge >= 0.3 is 0 Å². The van der Waals surface area contributed by atoms with E-state index < -0.39 is 0 Å². The molecule has 1 aliphatic heterocycles. The minimum atomic E-state index is 0.401. The van der Waals surface area contributed by atoms with Gasteiger partial charge in [0.1, 0.15) is 5.82 Å². The van der Waals surface area contributed by atoms with Crippen LogP contribution in [0.5, 0.6) is 0 Å². The van der Waals surface area contributed by atoms with Crippen LogP contribution in [0.3, 0.4) is 0 Å². The molecule has 0 aliphatic carbocycles. The molecule has 1 aliphatic rings. The Hall–Kier alpha value is -3.28. The number of guanidine groups is 1. The van der Waals surface area contributed by atoms with Crippen molar-refractivity contribution in [1.29, 1.82) is 0 Å². The first kappa shape index (κ1) is 21.0. The summed E-state index contributed by atoms with van der Waals surface area (Å²) in [6, 6.07) is 21.5. The van der Waals surface area contributed by atoms with Crippen LogP contribution in [0.25, 0.3) is 0 Å². The zero-order valence-corrected chi connectivity index (χ0v) is 18.2. The highest BCUT2D eigenvalue weighted by Gasteiger charge is 2.23. The van der Waals surface area contributed by atoms with Crippen molar-refractivity contribution in [1.82, 2.24) is 20.2 Å². The lowest BCUT2D eigenvalue weighted by atomic mass is 10.2. The standard InChI is InChI=1S/C25H32N6/c1-2-26-25(29-22-14-17-30(20-22)23-11-7-4-8-12-23)28-15-13-24-27-16-18-31(24)19-21-9-5-3-6-10-21/h3-12,16,18,22H,2,13-15,17,19-20H2,1H3,(H2,26,28,29). The number of anilines is 1. The number of hydrogen-bond acceptors (Lipinski definition) is 3. The SMILES string of the molecule is CCNC(=NCCc1nccn1Cc1ccccc1)NC1CCN(c2ccccc2)C1. The minimum Gasteiger partial charge on any atom is -0.369 e. The molecule has 1 aromatic heterocycles. The molecule has 0 spiro atoms. The Morgan fingerprint density at radius 2 is 1.87 bits per heavy atom. The van der Waals surface area contributed by atoms with Crippen LogP contribution in [0.1, 0.15) is 24.7 Å². The van der Waals surface area contributed by atoms with Gasteiger partial charge in [0, 0.05) is 63.3 Å². The third-order valence-electron chi connectivity index (χ3n) is 5.60. The second kappa shape index (κ2) is 10.7.